The summed E-state index contributed by atoms with van der Waals surface area (Å²) in [7, 11) is 0. The van der Waals surface area contributed by atoms with Gasteiger partial charge < -0.3 is 4.90 Å². The molecule has 0 aliphatic carbocycles. The molecular weight excluding hydrogens is 200 g/mol. The lowest BCUT2D eigenvalue weighted by Crippen LogP contribution is -2.46. The average Bonchev–Trinajstić information content (AvgIpc) is 2.25. The van der Waals surface area contributed by atoms with E-state index < -0.39 is 0 Å². The van der Waals surface area contributed by atoms with Crippen molar-refractivity contribution >= 4 is 5.91 Å². The minimum Gasteiger partial charge on any atom is -0.343 e. The fourth-order valence-electron chi connectivity index (χ4n) is 2.39. The van der Waals surface area contributed by atoms with Gasteiger partial charge in [0.1, 0.15) is 0 Å². The molecule has 0 saturated carbocycles. The van der Waals surface area contributed by atoms with Crippen LogP contribution >= 0.6 is 0 Å². The van der Waals surface area contributed by atoms with Crippen molar-refractivity contribution < 1.29 is 4.79 Å². The average molecular weight is 224 g/mol. The predicted octanol–water partition coefficient (Wildman–Crippen LogP) is 1.90. The van der Waals surface area contributed by atoms with Crippen molar-refractivity contribution in [1.29, 1.82) is 0 Å². The second kappa shape index (κ2) is 6.04. The predicted molar refractivity (Wildman–Crippen MR) is 67.3 cm³/mol. The van der Waals surface area contributed by atoms with Crippen LogP contribution in [0.4, 0.5) is 0 Å². The number of carbonyl (C=O) groups excluding carboxylic acids is 1. The first-order valence-electron chi connectivity index (χ1n) is 6.18. The summed E-state index contributed by atoms with van der Waals surface area (Å²) < 4.78 is 0. The number of likely N-dealkylation sites (tertiary alicyclic amines) is 1. The molecule has 0 bridgehead atoms. The lowest BCUT2D eigenvalue weighted by molar-refractivity contribution is -0.130. The van der Waals surface area contributed by atoms with Crippen LogP contribution in [-0.2, 0) is 4.79 Å². The van der Waals surface area contributed by atoms with Gasteiger partial charge in [-0.2, -0.15) is 0 Å². The van der Waals surface area contributed by atoms with E-state index in [1.54, 1.807) is 6.92 Å². The molecule has 3 nitrogen and oxygen atoms in total. The normalized spacial score (nSPS) is 17.9. The third-order valence-corrected chi connectivity index (χ3v) is 3.31. The van der Waals surface area contributed by atoms with Crippen molar-refractivity contribution in [2.75, 3.05) is 26.2 Å². The summed E-state index contributed by atoms with van der Waals surface area (Å²) in [5, 5.41) is 0. The minimum atomic E-state index is 0.210. The van der Waals surface area contributed by atoms with Crippen LogP contribution < -0.4 is 0 Å². The summed E-state index contributed by atoms with van der Waals surface area (Å²) in [6.07, 6.45) is 2.20. The van der Waals surface area contributed by atoms with Gasteiger partial charge in [-0.25, -0.2) is 0 Å². The first kappa shape index (κ1) is 13.2. The fraction of sp³-hybridized carbons (Fsp3) is 0.769. The smallest absolute Gasteiger partial charge is 0.219 e. The molecule has 1 heterocycles. The first-order chi connectivity index (χ1) is 7.54. The number of rotatable bonds is 4. The summed E-state index contributed by atoms with van der Waals surface area (Å²) in [4.78, 5) is 15.6. The Morgan fingerprint density at radius 1 is 1.38 bits per heavy atom. The summed E-state index contributed by atoms with van der Waals surface area (Å²) >= 11 is 0. The van der Waals surface area contributed by atoms with Crippen LogP contribution in [0, 0.1) is 0 Å². The Hall–Kier alpha value is -0.830. The topological polar surface area (TPSA) is 23.6 Å². The van der Waals surface area contributed by atoms with Crippen LogP contribution in [0.25, 0.3) is 0 Å². The Bertz CT molecular complexity index is 255. The Labute approximate surface area is 99.1 Å². The molecule has 92 valence electrons. The number of hydrogen-bond donors (Lipinski definition) is 0. The van der Waals surface area contributed by atoms with Crippen molar-refractivity contribution in [2.45, 2.75) is 39.7 Å². The largest absolute Gasteiger partial charge is 0.343 e. The van der Waals surface area contributed by atoms with E-state index in [-0.39, 0.29) is 5.91 Å². The molecule has 16 heavy (non-hydrogen) atoms. The number of hydrogen-bond acceptors (Lipinski definition) is 2. The van der Waals surface area contributed by atoms with Crippen LogP contribution in [0.3, 0.4) is 0 Å². The highest BCUT2D eigenvalue weighted by Crippen LogP contribution is 2.17. The van der Waals surface area contributed by atoms with E-state index in [0.29, 0.717) is 6.04 Å². The molecule has 3 heteroatoms. The zero-order chi connectivity index (χ0) is 12.1. The van der Waals surface area contributed by atoms with Gasteiger partial charge in [-0.15, -0.1) is 0 Å². The van der Waals surface area contributed by atoms with Crippen molar-refractivity contribution in [1.82, 2.24) is 9.80 Å². The molecule has 1 aliphatic heterocycles. The van der Waals surface area contributed by atoms with Crippen LogP contribution in [0.5, 0.6) is 0 Å². The van der Waals surface area contributed by atoms with E-state index in [1.807, 2.05) is 4.90 Å². The first-order valence-corrected chi connectivity index (χ1v) is 6.18. The lowest BCUT2D eigenvalue weighted by Gasteiger charge is -2.38. The van der Waals surface area contributed by atoms with E-state index in [4.69, 9.17) is 0 Å². The van der Waals surface area contributed by atoms with Gasteiger partial charge in [-0.3, -0.25) is 9.69 Å². The third-order valence-electron chi connectivity index (χ3n) is 3.31. The molecule has 0 aromatic carbocycles. The molecule has 0 atom stereocenters. The molecule has 0 unspecified atom stereocenters. The maximum atomic E-state index is 11.2. The monoisotopic (exact) mass is 224 g/mol. The summed E-state index contributed by atoms with van der Waals surface area (Å²) in [5.41, 5.74) is 1.22. The Kier molecular flexibility index (Phi) is 5.00. The van der Waals surface area contributed by atoms with Crippen molar-refractivity contribution in [3.63, 3.8) is 0 Å². The van der Waals surface area contributed by atoms with E-state index in [2.05, 4.69) is 25.3 Å². The summed E-state index contributed by atoms with van der Waals surface area (Å²) in [6.45, 7) is 13.8. The van der Waals surface area contributed by atoms with Gasteiger partial charge in [-0.1, -0.05) is 19.1 Å². The molecule has 0 radical (unpaired) electrons. The summed E-state index contributed by atoms with van der Waals surface area (Å²) in [5.74, 6) is 0.210. The Balaban J connectivity index is 2.44. The molecule has 1 fully saturated rings. The molecule has 0 N–H and O–H groups in total. The number of nitrogens with zero attached hydrogens (tertiary/aromatic N) is 2. The zero-order valence-corrected chi connectivity index (χ0v) is 10.8. The SMILES string of the molecule is C=C(C)CN(CC)C1CCN(C(C)=O)CC1. The molecular formula is C13H24N2O. The molecule has 1 saturated heterocycles. The molecule has 1 rings (SSSR count). The van der Waals surface area contributed by atoms with Crippen LogP contribution in [-0.4, -0.2) is 47.9 Å². The van der Waals surface area contributed by atoms with Crippen molar-refractivity contribution in [2.24, 2.45) is 0 Å². The van der Waals surface area contributed by atoms with Crippen LogP contribution in [0.2, 0.25) is 0 Å². The zero-order valence-electron chi connectivity index (χ0n) is 10.8. The van der Waals surface area contributed by atoms with Gasteiger partial charge >= 0.3 is 0 Å². The maximum Gasteiger partial charge on any atom is 0.219 e. The maximum absolute atomic E-state index is 11.2. The van der Waals surface area contributed by atoms with E-state index in [1.165, 1.54) is 5.57 Å². The van der Waals surface area contributed by atoms with Gasteiger partial charge in [0.2, 0.25) is 5.91 Å². The van der Waals surface area contributed by atoms with Gasteiger partial charge in [0.25, 0.3) is 0 Å². The molecule has 0 spiro atoms. The number of piperidine rings is 1. The van der Waals surface area contributed by atoms with Crippen molar-refractivity contribution in [3.8, 4) is 0 Å². The second-order valence-electron chi connectivity index (χ2n) is 4.76. The Morgan fingerprint density at radius 3 is 2.31 bits per heavy atom. The molecule has 0 aromatic rings. The van der Waals surface area contributed by atoms with Gasteiger partial charge in [0, 0.05) is 32.6 Å². The third kappa shape index (κ3) is 3.63. The number of carbonyl (C=O) groups is 1. The highest BCUT2D eigenvalue weighted by atomic mass is 16.2. The molecule has 0 aromatic heterocycles. The number of likely N-dealkylation sites (N-methyl/N-ethyl adjacent to an activating group) is 1. The standard InChI is InChI=1S/C13H24N2O/c1-5-14(10-11(2)3)13-6-8-15(9-7-13)12(4)16/h13H,2,5-10H2,1,3-4H3. The van der Waals surface area contributed by atoms with Crippen molar-refractivity contribution in [3.05, 3.63) is 12.2 Å². The van der Waals surface area contributed by atoms with Crippen LogP contribution in [0.1, 0.15) is 33.6 Å². The highest BCUT2D eigenvalue weighted by molar-refractivity contribution is 5.73. The molecule has 1 aliphatic rings. The quantitative estimate of drug-likeness (QED) is 0.681. The minimum absolute atomic E-state index is 0.210. The van der Waals surface area contributed by atoms with Gasteiger partial charge in [-0.05, 0) is 26.3 Å². The fourth-order valence-corrected chi connectivity index (χ4v) is 2.39. The van der Waals surface area contributed by atoms with E-state index in [0.717, 1.165) is 39.0 Å². The highest BCUT2D eigenvalue weighted by Gasteiger charge is 2.24. The molecule has 1 amide bonds. The van der Waals surface area contributed by atoms with Gasteiger partial charge in [0.15, 0.2) is 0 Å². The van der Waals surface area contributed by atoms with E-state index >= 15 is 0 Å². The van der Waals surface area contributed by atoms with Crippen LogP contribution in [0.15, 0.2) is 12.2 Å². The lowest BCUT2D eigenvalue weighted by atomic mass is 10.0. The Morgan fingerprint density at radius 2 is 1.94 bits per heavy atom. The van der Waals surface area contributed by atoms with E-state index in [9.17, 15) is 4.79 Å². The van der Waals surface area contributed by atoms with Gasteiger partial charge in [0.05, 0.1) is 0 Å². The number of amides is 1. The second-order valence-corrected chi connectivity index (χ2v) is 4.76. The summed E-state index contributed by atoms with van der Waals surface area (Å²) in [6, 6.07) is 0.622.